The number of ether oxygens (including phenoxy) is 2. The second kappa shape index (κ2) is 9.04. The second-order valence-electron chi connectivity index (χ2n) is 6.83. The largest absolute Gasteiger partial charge is 0.494 e. The van der Waals surface area contributed by atoms with Crippen LogP contribution in [0.25, 0.3) is 16.7 Å². The molecular formula is C23H21Cl2N3O2. The lowest BCUT2D eigenvalue weighted by atomic mass is 9.95. The predicted molar refractivity (Wildman–Crippen MR) is 120 cm³/mol. The Morgan fingerprint density at radius 1 is 0.967 bits per heavy atom. The molecule has 0 bridgehead atoms. The van der Waals surface area contributed by atoms with Gasteiger partial charge in [-0.25, -0.2) is 4.98 Å². The van der Waals surface area contributed by atoms with Crippen molar-refractivity contribution in [2.45, 2.75) is 12.3 Å². The van der Waals surface area contributed by atoms with Crippen LogP contribution in [-0.2, 0) is 4.74 Å². The maximum Gasteiger partial charge on any atom is 0.146 e. The highest BCUT2D eigenvalue weighted by molar-refractivity contribution is 6.37. The molecule has 0 aliphatic carbocycles. The van der Waals surface area contributed by atoms with Crippen molar-refractivity contribution < 1.29 is 9.47 Å². The molecule has 4 aromatic rings. The minimum Gasteiger partial charge on any atom is -0.494 e. The highest BCUT2D eigenvalue weighted by Crippen LogP contribution is 2.39. The molecular weight excluding hydrogens is 421 g/mol. The fraction of sp³-hybridized carbons (Fsp3) is 0.217. The Balaban J connectivity index is 2.05. The van der Waals surface area contributed by atoms with Crippen molar-refractivity contribution in [1.29, 1.82) is 0 Å². The molecule has 0 radical (unpaired) electrons. The first-order valence-electron chi connectivity index (χ1n) is 9.54. The number of aromatic nitrogens is 3. The van der Waals surface area contributed by atoms with Crippen molar-refractivity contribution in [3.05, 3.63) is 82.4 Å². The molecule has 30 heavy (non-hydrogen) atoms. The average molecular weight is 442 g/mol. The number of fused-ring (bicyclic) bond motifs is 1. The van der Waals surface area contributed by atoms with E-state index in [0.29, 0.717) is 28.1 Å². The summed E-state index contributed by atoms with van der Waals surface area (Å²) in [5.41, 5.74) is 3.39. The Labute approximate surface area is 185 Å². The van der Waals surface area contributed by atoms with Gasteiger partial charge in [-0.2, -0.15) is 0 Å². The molecule has 0 saturated heterocycles. The number of para-hydroxylation sites is 1. The van der Waals surface area contributed by atoms with Crippen LogP contribution in [0.2, 0.25) is 10.0 Å². The van der Waals surface area contributed by atoms with Gasteiger partial charge in [-0.15, -0.1) is 0 Å². The Kier molecular flexibility index (Phi) is 6.23. The van der Waals surface area contributed by atoms with Crippen molar-refractivity contribution in [3.63, 3.8) is 0 Å². The highest BCUT2D eigenvalue weighted by Gasteiger charge is 2.26. The summed E-state index contributed by atoms with van der Waals surface area (Å²) in [5, 5.41) is 0.897. The van der Waals surface area contributed by atoms with Crippen molar-refractivity contribution in [3.8, 4) is 11.4 Å². The van der Waals surface area contributed by atoms with E-state index in [2.05, 4.69) is 17.1 Å². The van der Waals surface area contributed by atoms with Crippen LogP contribution in [0.1, 0.15) is 23.7 Å². The molecule has 5 nitrogen and oxygen atoms in total. The number of methoxy groups -OCH3 is 2. The fourth-order valence-electron chi connectivity index (χ4n) is 3.71. The first kappa shape index (κ1) is 20.7. The van der Waals surface area contributed by atoms with Crippen LogP contribution >= 0.6 is 23.2 Å². The predicted octanol–water partition coefficient (Wildman–Crippen LogP) is 5.90. The van der Waals surface area contributed by atoms with Crippen molar-refractivity contribution in [2.75, 3.05) is 20.8 Å². The van der Waals surface area contributed by atoms with Crippen molar-refractivity contribution in [1.82, 2.24) is 14.5 Å². The van der Waals surface area contributed by atoms with Crippen LogP contribution < -0.4 is 4.74 Å². The summed E-state index contributed by atoms with van der Waals surface area (Å²) in [4.78, 5) is 9.12. The molecule has 0 unspecified atom stereocenters. The van der Waals surface area contributed by atoms with E-state index < -0.39 is 0 Å². The lowest BCUT2D eigenvalue weighted by Gasteiger charge is -2.20. The van der Waals surface area contributed by atoms with Crippen molar-refractivity contribution >= 4 is 34.2 Å². The monoisotopic (exact) mass is 441 g/mol. The third-order valence-corrected chi connectivity index (χ3v) is 5.62. The quantitative estimate of drug-likeness (QED) is 0.357. The number of nitrogens with zero attached hydrogens (tertiary/aromatic N) is 3. The normalized spacial score (nSPS) is 12.3. The summed E-state index contributed by atoms with van der Waals surface area (Å²) >= 11 is 13.1. The lowest BCUT2D eigenvalue weighted by molar-refractivity contribution is 0.190. The number of hydrogen-bond donors (Lipinski definition) is 0. The zero-order chi connectivity index (χ0) is 21.1. The summed E-state index contributed by atoms with van der Waals surface area (Å²) in [6.07, 6.45) is 3.92. The summed E-state index contributed by atoms with van der Waals surface area (Å²) in [6.45, 7) is 0.581. The molecule has 0 amide bonds. The standard InChI is InChI=1S/C23H21Cl2N3O2/c1-29-12-11-16(15-7-4-3-5-8-15)23-27-21-19(9-6-10-20(21)30-2)28(23)22-17(24)13-26-14-18(22)25/h3-10,13-14,16H,11-12H2,1-2H3/t16-/m0/s1. The van der Waals surface area contributed by atoms with Crippen LogP contribution in [0.4, 0.5) is 0 Å². The van der Waals surface area contributed by atoms with Crippen LogP contribution in [0, 0.1) is 0 Å². The Bertz CT molecular complexity index is 1140. The molecule has 1 atom stereocenters. The summed E-state index contributed by atoms with van der Waals surface area (Å²) in [5.74, 6) is 1.46. The average Bonchev–Trinajstić information content (AvgIpc) is 3.14. The van der Waals surface area contributed by atoms with Gasteiger partial charge in [0.15, 0.2) is 0 Å². The number of benzene rings is 2. The van der Waals surface area contributed by atoms with Gasteiger partial charge in [0.05, 0.1) is 28.4 Å². The molecule has 7 heteroatoms. The molecule has 0 fully saturated rings. The molecule has 2 aromatic heterocycles. The van der Waals surface area contributed by atoms with E-state index in [-0.39, 0.29) is 5.92 Å². The molecule has 2 aromatic carbocycles. The first-order chi connectivity index (χ1) is 14.7. The molecule has 154 valence electrons. The van der Waals surface area contributed by atoms with Gasteiger partial charge < -0.3 is 9.47 Å². The minimum atomic E-state index is -0.0384. The van der Waals surface area contributed by atoms with E-state index in [0.717, 1.165) is 28.8 Å². The topological polar surface area (TPSA) is 49.2 Å². The van der Waals surface area contributed by atoms with E-state index in [1.807, 2.05) is 41.0 Å². The van der Waals surface area contributed by atoms with Gasteiger partial charge in [-0.3, -0.25) is 9.55 Å². The maximum absolute atomic E-state index is 6.57. The molecule has 0 saturated carbocycles. The van der Waals surface area contributed by atoms with Gasteiger partial charge in [0.2, 0.25) is 0 Å². The van der Waals surface area contributed by atoms with Crippen LogP contribution in [0.15, 0.2) is 60.9 Å². The van der Waals surface area contributed by atoms with Gasteiger partial charge in [-0.1, -0.05) is 59.6 Å². The zero-order valence-electron chi connectivity index (χ0n) is 16.7. The second-order valence-corrected chi connectivity index (χ2v) is 7.64. The number of rotatable bonds is 7. The number of hydrogen-bond acceptors (Lipinski definition) is 4. The smallest absolute Gasteiger partial charge is 0.146 e. The first-order valence-corrected chi connectivity index (χ1v) is 10.3. The van der Waals surface area contributed by atoms with Gasteiger partial charge in [0, 0.05) is 32.0 Å². The summed E-state index contributed by atoms with van der Waals surface area (Å²) < 4.78 is 13.0. The van der Waals surface area contributed by atoms with Crippen LogP contribution in [0.3, 0.4) is 0 Å². The highest BCUT2D eigenvalue weighted by atomic mass is 35.5. The van der Waals surface area contributed by atoms with E-state index >= 15 is 0 Å². The molecule has 0 spiro atoms. The van der Waals surface area contributed by atoms with Crippen LogP contribution in [-0.4, -0.2) is 35.4 Å². The Morgan fingerprint density at radius 3 is 2.37 bits per heavy atom. The van der Waals surface area contributed by atoms with E-state index in [9.17, 15) is 0 Å². The zero-order valence-corrected chi connectivity index (χ0v) is 18.2. The molecule has 0 N–H and O–H groups in total. The maximum atomic E-state index is 6.57. The third-order valence-electron chi connectivity index (χ3n) is 5.07. The number of imidazole rings is 1. The van der Waals surface area contributed by atoms with Gasteiger partial charge in [-0.05, 0) is 24.1 Å². The van der Waals surface area contributed by atoms with Crippen molar-refractivity contribution in [2.24, 2.45) is 0 Å². The lowest BCUT2D eigenvalue weighted by Crippen LogP contribution is -2.12. The third kappa shape index (κ3) is 3.76. The molecule has 2 heterocycles. The van der Waals surface area contributed by atoms with Gasteiger partial charge in [0.25, 0.3) is 0 Å². The SMILES string of the molecule is COCC[C@@H](c1ccccc1)c1nc2c(OC)cccc2n1-c1c(Cl)cncc1Cl. The Morgan fingerprint density at radius 2 is 1.70 bits per heavy atom. The van der Waals surface area contributed by atoms with Crippen LogP contribution in [0.5, 0.6) is 5.75 Å². The van der Waals surface area contributed by atoms with Gasteiger partial charge in [0.1, 0.15) is 17.1 Å². The molecule has 4 rings (SSSR count). The molecule has 0 aliphatic heterocycles. The van der Waals surface area contributed by atoms with E-state index in [1.54, 1.807) is 26.6 Å². The fourth-order valence-corrected chi connectivity index (χ4v) is 4.24. The van der Waals surface area contributed by atoms with E-state index in [1.165, 1.54) is 0 Å². The summed E-state index contributed by atoms with van der Waals surface area (Å²) in [7, 11) is 3.34. The number of halogens is 2. The van der Waals surface area contributed by atoms with Gasteiger partial charge >= 0.3 is 0 Å². The summed E-state index contributed by atoms with van der Waals surface area (Å²) in [6, 6.07) is 16.0. The Hall–Kier alpha value is -2.60. The minimum absolute atomic E-state index is 0.0384. The number of pyridine rings is 1. The van der Waals surface area contributed by atoms with E-state index in [4.69, 9.17) is 37.7 Å². The molecule has 0 aliphatic rings.